The van der Waals surface area contributed by atoms with Crippen LogP contribution in [0.5, 0.6) is 0 Å². The lowest BCUT2D eigenvalue weighted by molar-refractivity contribution is -0.127. The molecule has 1 atom stereocenters. The summed E-state index contributed by atoms with van der Waals surface area (Å²) in [5, 5.41) is 3.24. The Bertz CT molecular complexity index is 732. The van der Waals surface area contributed by atoms with Crippen molar-refractivity contribution in [3.05, 3.63) is 65.7 Å². The second-order valence-corrected chi connectivity index (χ2v) is 8.15. The Morgan fingerprint density at radius 1 is 1.07 bits per heavy atom. The minimum atomic E-state index is -0.426. The van der Waals surface area contributed by atoms with E-state index in [9.17, 15) is 4.79 Å². The van der Waals surface area contributed by atoms with Crippen molar-refractivity contribution in [1.29, 1.82) is 0 Å². The third kappa shape index (κ3) is 4.74. The second-order valence-electron chi connectivity index (χ2n) is 7.27. The average molecular weight is 383 g/mol. The van der Waals surface area contributed by atoms with E-state index in [1.807, 2.05) is 18.2 Å². The van der Waals surface area contributed by atoms with E-state index in [-0.39, 0.29) is 5.91 Å². The molecule has 3 nitrogen and oxygen atoms in total. The molecular weight excluding hydrogens is 352 g/mol. The Morgan fingerprint density at radius 2 is 1.81 bits per heavy atom. The maximum Gasteiger partial charge on any atom is 0.230 e. The van der Waals surface area contributed by atoms with Gasteiger partial charge in [0.2, 0.25) is 5.91 Å². The average Bonchev–Trinajstić information content (AvgIpc) is 2.96. The van der Waals surface area contributed by atoms with Gasteiger partial charge in [0.25, 0.3) is 0 Å². The number of benzene rings is 2. The monoisotopic (exact) mass is 382 g/mol. The largest absolute Gasteiger partial charge is 0.351 e. The molecule has 144 valence electrons. The molecule has 0 radical (unpaired) electrons. The number of carbonyl (C=O) groups excluding carboxylic acids is 1. The highest BCUT2D eigenvalue weighted by Gasteiger charge is 2.40. The number of thioether (sulfide) groups is 1. The van der Waals surface area contributed by atoms with E-state index >= 15 is 0 Å². The summed E-state index contributed by atoms with van der Waals surface area (Å²) in [4.78, 5) is 17.1. The van der Waals surface area contributed by atoms with E-state index in [1.165, 1.54) is 4.90 Å². The van der Waals surface area contributed by atoms with Crippen LogP contribution in [-0.4, -0.2) is 36.7 Å². The molecule has 1 heterocycles. The van der Waals surface area contributed by atoms with Crippen molar-refractivity contribution in [2.45, 2.75) is 43.0 Å². The van der Waals surface area contributed by atoms with E-state index < -0.39 is 5.41 Å². The first kappa shape index (κ1) is 20.0. The van der Waals surface area contributed by atoms with E-state index in [2.05, 4.69) is 59.8 Å². The van der Waals surface area contributed by atoms with Crippen molar-refractivity contribution in [3.8, 4) is 0 Å². The number of amides is 1. The summed E-state index contributed by atoms with van der Waals surface area (Å²) in [5.74, 6) is 0.167. The summed E-state index contributed by atoms with van der Waals surface area (Å²) in [6, 6.07) is 18.8. The minimum absolute atomic E-state index is 0.167. The molecule has 1 amide bonds. The molecule has 1 saturated heterocycles. The molecule has 3 rings (SSSR count). The lowest BCUT2D eigenvalue weighted by Gasteiger charge is -2.32. The highest BCUT2D eigenvalue weighted by molar-refractivity contribution is 7.98. The fraction of sp³-hybridized carbons (Fsp3) is 0.435. The van der Waals surface area contributed by atoms with Crippen LogP contribution in [0, 0.1) is 0 Å². The Kier molecular flexibility index (Phi) is 6.97. The van der Waals surface area contributed by atoms with Crippen LogP contribution >= 0.6 is 11.8 Å². The van der Waals surface area contributed by atoms with Gasteiger partial charge in [-0.1, -0.05) is 49.4 Å². The lowest BCUT2D eigenvalue weighted by Crippen LogP contribution is -2.45. The van der Waals surface area contributed by atoms with Gasteiger partial charge in [0, 0.05) is 11.4 Å². The van der Waals surface area contributed by atoms with E-state index in [1.54, 1.807) is 11.8 Å². The van der Waals surface area contributed by atoms with Gasteiger partial charge >= 0.3 is 0 Å². The molecule has 0 saturated carbocycles. The molecule has 0 unspecified atom stereocenters. The van der Waals surface area contributed by atoms with Crippen molar-refractivity contribution in [3.63, 3.8) is 0 Å². The highest BCUT2D eigenvalue weighted by atomic mass is 32.2. The summed E-state index contributed by atoms with van der Waals surface area (Å²) >= 11 is 1.73. The fourth-order valence-electron chi connectivity index (χ4n) is 4.01. The van der Waals surface area contributed by atoms with Crippen molar-refractivity contribution >= 4 is 17.7 Å². The quantitative estimate of drug-likeness (QED) is 0.748. The molecule has 4 heteroatoms. The zero-order valence-electron chi connectivity index (χ0n) is 16.4. The molecule has 1 aliphatic heterocycles. The molecular formula is C23H30N2OS. The van der Waals surface area contributed by atoms with Crippen molar-refractivity contribution in [2.75, 3.05) is 25.9 Å². The molecule has 2 aromatic carbocycles. The van der Waals surface area contributed by atoms with Crippen LogP contribution in [0.15, 0.2) is 59.5 Å². The van der Waals surface area contributed by atoms with Gasteiger partial charge in [-0.25, -0.2) is 0 Å². The fourth-order valence-corrected chi connectivity index (χ4v) is 4.41. The summed E-state index contributed by atoms with van der Waals surface area (Å²) in [6.45, 7) is 5.89. The first-order valence-electron chi connectivity index (χ1n) is 9.87. The van der Waals surface area contributed by atoms with Crippen molar-refractivity contribution in [2.24, 2.45) is 0 Å². The van der Waals surface area contributed by atoms with Gasteiger partial charge in [-0.05, 0) is 68.4 Å². The maximum absolute atomic E-state index is 13.4. The lowest BCUT2D eigenvalue weighted by atomic mass is 9.73. The van der Waals surface area contributed by atoms with Crippen LogP contribution < -0.4 is 5.32 Å². The normalized spacial score (nSPS) is 20.8. The zero-order chi connectivity index (χ0) is 19.1. The SMILES string of the molecule is CCN1CCC[C@@](C(=O)NCc2ccc(SC)cc2)(c2ccccc2)CC1. The Hall–Kier alpha value is -1.78. The van der Waals surface area contributed by atoms with Crippen molar-refractivity contribution < 1.29 is 4.79 Å². The smallest absolute Gasteiger partial charge is 0.230 e. The number of hydrogen-bond donors (Lipinski definition) is 1. The third-order valence-electron chi connectivity index (χ3n) is 5.75. The van der Waals surface area contributed by atoms with Gasteiger partial charge in [-0.15, -0.1) is 11.8 Å². The van der Waals surface area contributed by atoms with Gasteiger partial charge < -0.3 is 10.2 Å². The zero-order valence-corrected chi connectivity index (χ0v) is 17.2. The Balaban J connectivity index is 1.78. The molecule has 0 aromatic heterocycles. The number of nitrogens with zero attached hydrogens (tertiary/aromatic N) is 1. The van der Waals surface area contributed by atoms with Gasteiger partial charge in [-0.3, -0.25) is 4.79 Å². The predicted molar refractivity (Wildman–Crippen MR) is 114 cm³/mol. The molecule has 2 aromatic rings. The molecule has 1 N–H and O–H groups in total. The number of likely N-dealkylation sites (tertiary alicyclic amines) is 1. The number of rotatable bonds is 6. The van der Waals surface area contributed by atoms with Crippen LogP contribution in [0.4, 0.5) is 0 Å². The number of carbonyl (C=O) groups is 1. The van der Waals surface area contributed by atoms with Crippen LogP contribution in [0.1, 0.15) is 37.3 Å². The summed E-state index contributed by atoms with van der Waals surface area (Å²) in [6.07, 6.45) is 4.91. The first-order chi connectivity index (χ1) is 13.2. The molecule has 1 aliphatic rings. The summed E-state index contributed by atoms with van der Waals surface area (Å²) < 4.78 is 0. The van der Waals surface area contributed by atoms with E-state index in [0.717, 1.165) is 50.0 Å². The van der Waals surface area contributed by atoms with Crippen LogP contribution in [0.3, 0.4) is 0 Å². The van der Waals surface area contributed by atoms with E-state index in [0.29, 0.717) is 6.54 Å². The summed E-state index contributed by atoms with van der Waals surface area (Å²) in [5.41, 5.74) is 1.87. The Labute approximate surface area is 167 Å². The van der Waals surface area contributed by atoms with E-state index in [4.69, 9.17) is 0 Å². The third-order valence-corrected chi connectivity index (χ3v) is 6.50. The molecule has 0 aliphatic carbocycles. The minimum Gasteiger partial charge on any atom is -0.351 e. The van der Waals surface area contributed by atoms with Crippen LogP contribution in [0.25, 0.3) is 0 Å². The standard InChI is InChI=1S/C23H30N2OS/c1-3-25-16-7-14-23(15-17-25,20-8-5-4-6-9-20)22(26)24-18-19-10-12-21(27-2)13-11-19/h4-6,8-13H,3,7,14-18H2,1-2H3,(H,24,26)/t23-/m0/s1. The molecule has 1 fully saturated rings. The topological polar surface area (TPSA) is 32.3 Å². The summed E-state index contributed by atoms with van der Waals surface area (Å²) in [7, 11) is 0. The van der Waals surface area contributed by atoms with Crippen LogP contribution in [0.2, 0.25) is 0 Å². The maximum atomic E-state index is 13.4. The van der Waals surface area contributed by atoms with Crippen molar-refractivity contribution in [1.82, 2.24) is 10.2 Å². The van der Waals surface area contributed by atoms with Gasteiger partial charge in [-0.2, -0.15) is 0 Å². The first-order valence-corrected chi connectivity index (χ1v) is 11.1. The molecule has 0 bridgehead atoms. The Morgan fingerprint density at radius 3 is 2.48 bits per heavy atom. The molecule has 27 heavy (non-hydrogen) atoms. The highest BCUT2D eigenvalue weighted by Crippen LogP contribution is 2.36. The predicted octanol–water partition coefficient (Wildman–Crippen LogP) is 4.47. The number of nitrogens with one attached hydrogen (secondary N) is 1. The van der Waals surface area contributed by atoms with Gasteiger partial charge in [0.1, 0.15) is 0 Å². The van der Waals surface area contributed by atoms with Crippen LogP contribution in [-0.2, 0) is 16.8 Å². The number of hydrogen-bond acceptors (Lipinski definition) is 3. The molecule has 0 spiro atoms. The van der Waals surface area contributed by atoms with Gasteiger partial charge in [0.15, 0.2) is 0 Å². The second kappa shape index (κ2) is 9.43. The van der Waals surface area contributed by atoms with Gasteiger partial charge in [0.05, 0.1) is 5.41 Å².